The Bertz CT molecular complexity index is 1400. The molecule has 3 aromatic carbocycles. The zero-order valence-electron chi connectivity index (χ0n) is 19.8. The van der Waals surface area contributed by atoms with Gasteiger partial charge in [-0.25, -0.2) is 8.93 Å². The first-order chi connectivity index (χ1) is 17.8. The summed E-state index contributed by atoms with van der Waals surface area (Å²) in [6, 6.07) is 21.1. The summed E-state index contributed by atoms with van der Waals surface area (Å²) in [4.78, 5) is 13.9. The van der Waals surface area contributed by atoms with E-state index in [1.807, 2.05) is 36.4 Å². The van der Waals surface area contributed by atoms with E-state index >= 15 is 0 Å². The predicted octanol–water partition coefficient (Wildman–Crippen LogP) is 6.55. The number of carbonyl (C=O) groups is 1. The Balaban J connectivity index is 1.27. The lowest BCUT2D eigenvalue weighted by Crippen LogP contribution is -2.28. The molecule has 2 aliphatic carbocycles. The Kier molecular flexibility index (Phi) is 7.13. The first-order valence-electron chi connectivity index (χ1n) is 12.0. The molecule has 1 amide bonds. The summed E-state index contributed by atoms with van der Waals surface area (Å²) in [5.74, 6) is -0.302. The summed E-state index contributed by atoms with van der Waals surface area (Å²) >= 11 is 0. The van der Waals surface area contributed by atoms with Gasteiger partial charge in [-0.2, -0.15) is 13.2 Å². The number of carbonyl (C=O) groups excluding carboxylic acids is 1. The lowest BCUT2D eigenvalue weighted by Gasteiger charge is -2.17. The minimum atomic E-state index is -4.41. The molecule has 0 saturated carbocycles. The third-order valence-electron chi connectivity index (χ3n) is 6.66. The van der Waals surface area contributed by atoms with E-state index in [0.29, 0.717) is 23.1 Å². The first kappa shape index (κ1) is 25.2. The maximum Gasteiger partial charge on any atom is 0.416 e. The summed E-state index contributed by atoms with van der Waals surface area (Å²) in [5, 5.41) is 3.00. The van der Waals surface area contributed by atoms with Crippen molar-refractivity contribution in [3.63, 3.8) is 0 Å². The average Bonchev–Trinajstić information content (AvgIpc) is 3.30. The molecule has 37 heavy (non-hydrogen) atoms. The van der Waals surface area contributed by atoms with Gasteiger partial charge in [-0.1, -0.05) is 54.1 Å². The summed E-state index contributed by atoms with van der Waals surface area (Å²) < 4.78 is 54.7. The molecule has 2 N–H and O–H groups in total. The van der Waals surface area contributed by atoms with Crippen LogP contribution in [0.1, 0.15) is 41.6 Å². The molecule has 3 aromatic rings. The van der Waals surface area contributed by atoms with E-state index in [2.05, 4.69) is 10.0 Å². The van der Waals surface area contributed by atoms with Gasteiger partial charge in [-0.3, -0.25) is 4.79 Å². The maximum absolute atomic E-state index is 13.2. The van der Waals surface area contributed by atoms with Crippen molar-refractivity contribution >= 4 is 16.9 Å². The molecular formula is C29H25F3N2O2S. The number of benzene rings is 3. The van der Waals surface area contributed by atoms with Crippen molar-refractivity contribution in [2.24, 2.45) is 0 Å². The Labute approximate surface area is 215 Å². The van der Waals surface area contributed by atoms with E-state index in [-0.39, 0.29) is 11.9 Å². The highest BCUT2D eigenvalue weighted by atomic mass is 32.2. The minimum absolute atomic E-state index is 0.0673. The van der Waals surface area contributed by atoms with Crippen LogP contribution in [0, 0.1) is 0 Å². The summed E-state index contributed by atoms with van der Waals surface area (Å²) in [6.07, 6.45) is 0.643. The van der Waals surface area contributed by atoms with Crippen LogP contribution in [0.2, 0.25) is 0 Å². The van der Waals surface area contributed by atoms with E-state index in [1.165, 1.54) is 17.7 Å². The van der Waals surface area contributed by atoms with Crippen LogP contribution in [-0.2, 0) is 17.2 Å². The fourth-order valence-electron chi connectivity index (χ4n) is 4.83. The van der Waals surface area contributed by atoms with Crippen molar-refractivity contribution in [2.45, 2.75) is 42.8 Å². The fraction of sp³-hybridized carbons (Fsp3) is 0.207. The van der Waals surface area contributed by atoms with E-state index in [0.717, 1.165) is 47.6 Å². The molecule has 0 bridgehead atoms. The van der Waals surface area contributed by atoms with Gasteiger partial charge in [0, 0.05) is 17.3 Å². The van der Waals surface area contributed by atoms with Crippen LogP contribution in [0.15, 0.2) is 107 Å². The molecule has 0 aliphatic heterocycles. The van der Waals surface area contributed by atoms with Crippen LogP contribution in [0.3, 0.4) is 0 Å². The fourth-order valence-corrected chi connectivity index (χ4v) is 5.84. The minimum Gasteiger partial charge on any atom is -0.326 e. The molecule has 0 radical (unpaired) electrons. The van der Waals surface area contributed by atoms with Gasteiger partial charge in [-0.15, -0.1) is 0 Å². The number of allylic oxidation sites excluding steroid dienone is 2. The van der Waals surface area contributed by atoms with Crippen molar-refractivity contribution < 1.29 is 22.2 Å². The number of hydrogen-bond acceptors (Lipinski definition) is 2. The second-order valence-electron chi connectivity index (χ2n) is 9.18. The summed E-state index contributed by atoms with van der Waals surface area (Å²) in [5.41, 5.74) is 4.04. The average molecular weight is 523 g/mol. The van der Waals surface area contributed by atoms with Crippen LogP contribution in [0.4, 0.5) is 13.2 Å². The lowest BCUT2D eigenvalue weighted by atomic mass is 9.96. The van der Waals surface area contributed by atoms with Crippen LogP contribution in [0.5, 0.6) is 0 Å². The topological polar surface area (TPSA) is 58.2 Å². The molecule has 2 aliphatic rings. The Morgan fingerprint density at radius 1 is 0.865 bits per heavy atom. The molecule has 0 aromatic heterocycles. The van der Waals surface area contributed by atoms with Gasteiger partial charge < -0.3 is 5.32 Å². The molecule has 5 rings (SSSR count). The molecule has 4 nitrogen and oxygen atoms in total. The Hall–Kier alpha value is -3.49. The molecule has 2 atom stereocenters. The SMILES string of the molecule is O=C(NC1=CC2=C(CC1)CC(NS(=O)c1ccccc1)C2)c1ccccc1-c1ccc(C(F)(F)F)cc1. The van der Waals surface area contributed by atoms with Gasteiger partial charge in [0.15, 0.2) is 0 Å². The highest BCUT2D eigenvalue weighted by Crippen LogP contribution is 2.36. The normalized spacial score (nSPS) is 18.2. The number of halogens is 3. The smallest absolute Gasteiger partial charge is 0.326 e. The van der Waals surface area contributed by atoms with E-state index < -0.39 is 22.7 Å². The third-order valence-corrected chi connectivity index (χ3v) is 7.91. The molecule has 0 fully saturated rings. The zero-order chi connectivity index (χ0) is 26.0. The molecule has 2 unspecified atom stereocenters. The molecule has 190 valence electrons. The lowest BCUT2D eigenvalue weighted by molar-refractivity contribution is -0.137. The second kappa shape index (κ2) is 10.5. The van der Waals surface area contributed by atoms with Gasteiger partial charge in [-0.05, 0) is 78.8 Å². The van der Waals surface area contributed by atoms with Gasteiger partial charge in [0.05, 0.1) is 10.5 Å². The quantitative estimate of drug-likeness (QED) is 0.386. The maximum atomic E-state index is 13.2. The van der Waals surface area contributed by atoms with Crippen LogP contribution in [-0.4, -0.2) is 16.2 Å². The van der Waals surface area contributed by atoms with Crippen LogP contribution in [0.25, 0.3) is 11.1 Å². The summed E-state index contributed by atoms with van der Waals surface area (Å²) in [6.45, 7) is 0. The second-order valence-corrected chi connectivity index (χ2v) is 10.4. The zero-order valence-corrected chi connectivity index (χ0v) is 20.7. The first-order valence-corrected chi connectivity index (χ1v) is 13.2. The standard InChI is InChI=1S/C29H25F3N2O2S/c30-29(31,32)22-13-10-19(11-14-22)26-8-4-5-9-27(26)28(35)33-23-15-12-20-16-24(18-21(20)17-23)34-37(36)25-6-2-1-3-7-25/h1-11,13-14,17,24,34H,12,15-16,18H2,(H,33,35). The Morgan fingerprint density at radius 3 is 2.30 bits per heavy atom. The van der Waals surface area contributed by atoms with Crippen molar-refractivity contribution in [1.29, 1.82) is 0 Å². The number of rotatable bonds is 6. The van der Waals surface area contributed by atoms with Gasteiger partial charge in [0.2, 0.25) is 0 Å². The molecule has 0 saturated heterocycles. The number of nitrogens with one attached hydrogen (secondary N) is 2. The van der Waals surface area contributed by atoms with Crippen molar-refractivity contribution in [1.82, 2.24) is 10.0 Å². The van der Waals surface area contributed by atoms with Crippen molar-refractivity contribution in [2.75, 3.05) is 0 Å². The van der Waals surface area contributed by atoms with Crippen molar-refractivity contribution in [3.05, 3.63) is 113 Å². The van der Waals surface area contributed by atoms with E-state index in [4.69, 9.17) is 0 Å². The van der Waals surface area contributed by atoms with Crippen molar-refractivity contribution in [3.8, 4) is 11.1 Å². The third kappa shape index (κ3) is 5.76. The van der Waals surface area contributed by atoms with Crippen LogP contribution >= 0.6 is 0 Å². The molecule has 0 heterocycles. The van der Waals surface area contributed by atoms with Gasteiger partial charge >= 0.3 is 6.18 Å². The largest absolute Gasteiger partial charge is 0.416 e. The van der Waals surface area contributed by atoms with Gasteiger partial charge in [0.1, 0.15) is 11.0 Å². The molecule has 0 spiro atoms. The monoisotopic (exact) mass is 522 g/mol. The van der Waals surface area contributed by atoms with E-state index in [1.54, 1.807) is 24.3 Å². The number of hydrogen-bond donors (Lipinski definition) is 2. The molecule has 8 heteroatoms. The van der Waals surface area contributed by atoms with Crippen LogP contribution < -0.4 is 10.0 Å². The number of amides is 1. The highest BCUT2D eigenvalue weighted by Gasteiger charge is 2.30. The van der Waals surface area contributed by atoms with Gasteiger partial charge in [0.25, 0.3) is 5.91 Å². The van der Waals surface area contributed by atoms with E-state index in [9.17, 15) is 22.2 Å². The predicted molar refractivity (Wildman–Crippen MR) is 138 cm³/mol. The summed E-state index contributed by atoms with van der Waals surface area (Å²) in [7, 11) is -1.29. The number of alkyl halides is 3. The highest BCUT2D eigenvalue weighted by molar-refractivity contribution is 7.83. The Morgan fingerprint density at radius 2 is 1.57 bits per heavy atom. The molecular weight excluding hydrogens is 497 g/mol.